The molecule has 1 saturated carbocycles. The topological polar surface area (TPSA) is 113 Å². The van der Waals surface area contributed by atoms with Crippen molar-refractivity contribution in [3.8, 4) is 11.4 Å². The first kappa shape index (κ1) is 26.5. The number of halogens is 1. The van der Waals surface area contributed by atoms with Gasteiger partial charge < -0.3 is 20.4 Å². The minimum atomic E-state index is -1.23. The van der Waals surface area contributed by atoms with E-state index in [2.05, 4.69) is 35.0 Å². The van der Waals surface area contributed by atoms with Gasteiger partial charge in [-0.05, 0) is 49.9 Å². The van der Waals surface area contributed by atoms with Gasteiger partial charge in [0.25, 0.3) is 5.91 Å². The molecular formula is C27H36FN7O2Si. The second-order valence-electron chi connectivity index (χ2n) is 11.7. The molecule has 1 aromatic carbocycles. The number of fused-ring (bicyclic) bond motifs is 2. The molecule has 0 unspecified atom stereocenters. The zero-order chi connectivity index (χ0) is 27.2. The number of hydrogen-bond acceptors (Lipinski definition) is 6. The number of hydrogen-bond donors (Lipinski definition) is 2. The monoisotopic (exact) mass is 537 g/mol. The lowest BCUT2D eigenvalue weighted by Gasteiger charge is -2.37. The highest BCUT2D eigenvalue weighted by atomic mass is 28.3. The Bertz CT molecular complexity index is 1490. The maximum Gasteiger partial charge on any atom is 0.255 e. The fraction of sp³-hybridized carbons (Fsp3) is 0.481. The lowest BCUT2D eigenvalue weighted by molar-refractivity contribution is 0.0879. The Balaban J connectivity index is 1.50. The molecular weight excluding hydrogens is 501 g/mol. The van der Waals surface area contributed by atoms with Crippen LogP contribution in [-0.2, 0) is 18.5 Å². The summed E-state index contributed by atoms with van der Waals surface area (Å²) in [4.78, 5) is 23.0. The molecule has 3 aromatic heterocycles. The molecule has 11 heteroatoms. The van der Waals surface area contributed by atoms with Gasteiger partial charge in [0.2, 0.25) is 0 Å². The SMILES string of the molecule is C[C@H](NC(=O)c1cn(COCC[Si](C)(C)C)c2ncc(-c3nn(C)c4cc(F)ccc34)nc12)C1CC(N)C1. The fourth-order valence-electron chi connectivity index (χ4n) is 4.91. The molecule has 9 nitrogen and oxygen atoms in total. The van der Waals surface area contributed by atoms with Crippen molar-refractivity contribution in [2.75, 3.05) is 6.61 Å². The van der Waals surface area contributed by atoms with Gasteiger partial charge in [0.05, 0.1) is 17.3 Å². The summed E-state index contributed by atoms with van der Waals surface area (Å²) < 4.78 is 23.3. The molecule has 1 aliphatic rings. The summed E-state index contributed by atoms with van der Waals surface area (Å²) >= 11 is 0. The lowest BCUT2D eigenvalue weighted by Crippen LogP contribution is -2.48. The van der Waals surface area contributed by atoms with Crippen LogP contribution >= 0.6 is 0 Å². The van der Waals surface area contributed by atoms with Crippen molar-refractivity contribution in [3.63, 3.8) is 0 Å². The van der Waals surface area contributed by atoms with Crippen LogP contribution < -0.4 is 11.1 Å². The van der Waals surface area contributed by atoms with Crippen molar-refractivity contribution in [2.24, 2.45) is 18.7 Å². The third-order valence-corrected chi connectivity index (χ3v) is 9.07. The molecule has 38 heavy (non-hydrogen) atoms. The van der Waals surface area contributed by atoms with E-state index in [-0.39, 0.29) is 30.5 Å². The van der Waals surface area contributed by atoms with Gasteiger partial charge in [0.15, 0.2) is 5.65 Å². The number of nitrogens with zero attached hydrogens (tertiary/aromatic N) is 5. The summed E-state index contributed by atoms with van der Waals surface area (Å²) in [6.45, 7) is 9.87. The minimum Gasteiger partial charge on any atom is -0.361 e. The molecule has 202 valence electrons. The summed E-state index contributed by atoms with van der Waals surface area (Å²) in [6.07, 6.45) is 5.23. The second-order valence-corrected chi connectivity index (χ2v) is 17.3. The Labute approximate surface area is 222 Å². The van der Waals surface area contributed by atoms with Gasteiger partial charge >= 0.3 is 0 Å². The summed E-state index contributed by atoms with van der Waals surface area (Å²) in [5.41, 5.74) is 9.19. The molecule has 5 rings (SSSR count). The van der Waals surface area contributed by atoms with Crippen molar-refractivity contribution in [2.45, 2.75) is 64.3 Å². The average molecular weight is 538 g/mol. The zero-order valence-corrected chi connectivity index (χ0v) is 23.7. The van der Waals surface area contributed by atoms with Crippen LogP contribution in [0.2, 0.25) is 25.7 Å². The molecule has 1 aliphatic carbocycles. The third kappa shape index (κ3) is 5.36. The first-order valence-corrected chi connectivity index (χ1v) is 16.8. The number of aromatic nitrogens is 5. The summed E-state index contributed by atoms with van der Waals surface area (Å²) in [5.74, 6) is -0.169. The van der Waals surface area contributed by atoms with E-state index in [4.69, 9.17) is 15.5 Å². The molecule has 3 heterocycles. The maximum atomic E-state index is 13.9. The van der Waals surface area contributed by atoms with Gasteiger partial charge in [-0.2, -0.15) is 5.10 Å². The van der Waals surface area contributed by atoms with Crippen molar-refractivity contribution in [1.82, 2.24) is 29.6 Å². The number of carbonyl (C=O) groups is 1. The van der Waals surface area contributed by atoms with Crippen molar-refractivity contribution >= 4 is 36.0 Å². The van der Waals surface area contributed by atoms with Crippen molar-refractivity contribution < 1.29 is 13.9 Å². The molecule has 4 aromatic rings. The quantitative estimate of drug-likeness (QED) is 0.243. The van der Waals surface area contributed by atoms with E-state index in [0.29, 0.717) is 46.2 Å². The first-order valence-electron chi connectivity index (χ1n) is 13.1. The average Bonchev–Trinajstić information content (AvgIpc) is 3.36. The van der Waals surface area contributed by atoms with Crippen LogP contribution in [0, 0.1) is 11.7 Å². The predicted octanol–water partition coefficient (Wildman–Crippen LogP) is 4.29. The van der Waals surface area contributed by atoms with Gasteiger partial charge in [-0.15, -0.1) is 0 Å². The molecule has 0 aliphatic heterocycles. The normalized spacial score (nSPS) is 18.6. The minimum absolute atomic E-state index is 0.000494. The molecule has 0 radical (unpaired) electrons. The Morgan fingerprint density at radius 1 is 1.32 bits per heavy atom. The number of ether oxygens (including phenoxy) is 1. The van der Waals surface area contributed by atoms with E-state index in [1.165, 1.54) is 12.1 Å². The highest BCUT2D eigenvalue weighted by molar-refractivity contribution is 6.76. The van der Waals surface area contributed by atoms with E-state index >= 15 is 0 Å². The number of rotatable bonds is 9. The molecule has 1 amide bonds. The highest BCUT2D eigenvalue weighted by Gasteiger charge is 2.32. The second kappa shape index (κ2) is 10.2. The summed E-state index contributed by atoms with van der Waals surface area (Å²) in [5, 5.41) is 8.48. The van der Waals surface area contributed by atoms with Gasteiger partial charge in [-0.25, -0.2) is 14.4 Å². The van der Waals surface area contributed by atoms with Crippen LogP contribution in [0.5, 0.6) is 0 Å². The number of nitrogens with two attached hydrogens (primary N) is 1. The number of carbonyl (C=O) groups excluding carboxylic acids is 1. The molecule has 0 spiro atoms. The highest BCUT2D eigenvalue weighted by Crippen LogP contribution is 2.31. The molecule has 1 fully saturated rings. The number of benzene rings is 1. The van der Waals surface area contributed by atoms with Crippen LogP contribution in [-0.4, -0.2) is 57.0 Å². The lowest BCUT2D eigenvalue weighted by atomic mass is 9.76. The van der Waals surface area contributed by atoms with Crippen molar-refractivity contribution in [1.29, 1.82) is 0 Å². The predicted molar refractivity (Wildman–Crippen MR) is 149 cm³/mol. The number of nitrogens with one attached hydrogen (secondary N) is 1. The van der Waals surface area contributed by atoms with E-state index < -0.39 is 8.07 Å². The largest absolute Gasteiger partial charge is 0.361 e. The van der Waals surface area contributed by atoms with Crippen LogP contribution in [0.1, 0.15) is 30.1 Å². The van der Waals surface area contributed by atoms with Gasteiger partial charge in [-0.3, -0.25) is 9.48 Å². The number of aryl methyl sites for hydroxylation is 1. The van der Waals surface area contributed by atoms with E-state index in [9.17, 15) is 9.18 Å². The molecule has 1 atom stereocenters. The molecule has 0 bridgehead atoms. The Morgan fingerprint density at radius 3 is 2.79 bits per heavy atom. The third-order valence-electron chi connectivity index (χ3n) is 7.37. The molecule has 3 N–H and O–H groups in total. The standard InChI is InChI=1S/C27H36FN7O2Si/c1-16(17-10-19(29)11-17)31-27(36)21-14-35(15-37-8-9-38(3,4)5)26-25(21)32-22(13-30-26)24-20-7-6-18(28)12-23(20)34(2)33-24/h6-7,12-14,16-17,19H,8-11,15,29H2,1-5H3,(H,31,36)/t16-,17?,19?/m0/s1. The van der Waals surface area contributed by atoms with Gasteiger partial charge in [-0.1, -0.05) is 19.6 Å². The van der Waals surface area contributed by atoms with Crippen LogP contribution in [0.15, 0.2) is 30.6 Å². The summed E-state index contributed by atoms with van der Waals surface area (Å²) in [7, 11) is 0.531. The van der Waals surface area contributed by atoms with E-state index in [1.807, 2.05) is 11.5 Å². The van der Waals surface area contributed by atoms with E-state index in [0.717, 1.165) is 24.3 Å². The number of amides is 1. The summed E-state index contributed by atoms with van der Waals surface area (Å²) in [6, 6.07) is 5.79. The van der Waals surface area contributed by atoms with Crippen molar-refractivity contribution in [3.05, 3.63) is 42.0 Å². The smallest absolute Gasteiger partial charge is 0.255 e. The zero-order valence-electron chi connectivity index (χ0n) is 22.7. The maximum absolute atomic E-state index is 13.9. The van der Waals surface area contributed by atoms with Crippen LogP contribution in [0.3, 0.4) is 0 Å². The molecule has 0 saturated heterocycles. The van der Waals surface area contributed by atoms with E-state index in [1.54, 1.807) is 30.2 Å². The van der Waals surface area contributed by atoms with Gasteiger partial charge in [0.1, 0.15) is 29.5 Å². The first-order chi connectivity index (χ1) is 18.0. The fourth-order valence-corrected chi connectivity index (χ4v) is 5.67. The Morgan fingerprint density at radius 2 is 2.08 bits per heavy atom. The van der Waals surface area contributed by atoms with Gasteiger partial charge in [0, 0.05) is 45.4 Å². The van der Waals surface area contributed by atoms with Crippen LogP contribution in [0.25, 0.3) is 33.5 Å². The Kier molecular flexibility index (Phi) is 7.10. The Hall–Kier alpha value is -3.15. The van der Waals surface area contributed by atoms with Crippen LogP contribution in [0.4, 0.5) is 4.39 Å².